The summed E-state index contributed by atoms with van der Waals surface area (Å²) in [6.45, 7) is 4.30. The van der Waals surface area contributed by atoms with E-state index in [-0.39, 0.29) is 5.56 Å². The molecule has 5 nitrogen and oxygen atoms in total. The molecule has 0 amide bonds. The van der Waals surface area contributed by atoms with Crippen LogP contribution in [0.15, 0.2) is 39.9 Å². The van der Waals surface area contributed by atoms with Gasteiger partial charge in [0.05, 0.1) is 11.4 Å². The Labute approximate surface area is 155 Å². The second-order valence-corrected chi connectivity index (χ2v) is 6.82. The smallest absolute Gasteiger partial charge is 0.335 e. The molecule has 0 unspecified atom stereocenters. The van der Waals surface area contributed by atoms with Gasteiger partial charge in [0.25, 0.3) is 5.56 Å². The van der Waals surface area contributed by atoms with Crippen LogP contribution in [0.1, 0.15) is 70.1 Å². The maximum Gasteiger partial charge on any atom is 0.354 e. The van der Waals surface area contributed by atoms with Crippen LogP contribution in [-0.4, -0.2) is 9.24 Å². The first-order valence-electron chi connectivity index (χ1n) is 9.82. The molecule has 1 aromatic heterocycles. The molecule has 0 fully saturated rings. The molecule has 0 spiro atoms. The highest BCUT2D eigenvalue weighted by atomic mass is 16.2. The minimum absolute atomic E-state index is 0.217. The second-order valence-electron chi connectivity index (χ2n) is 6.82. The standard InChI is InChI=1S/C21H31N3O2/c1-3-5-7-12-15-18-19(16-9-6-4-2)24(22)21(26)23(20(18)25)17-13-10-8-11-14-17/h8,10-11,13-14H,3-7,9,12,15-16,22H2,1-2H3. The first-order chi connectivity index (χ1) is 12.6. The molecule has 2 aromatic rings. The van der Waals surface area contributed by atoms with Gasteiger partial charge < -0.3 is 5.84 Å². The van der Waals surface area contributed by atoms with Crippen LogP contribution < -0.4 is 17.1 Å². The highest BCUT2D eigenvalue weighted by molar-refractivity contribution is 5.33. The number of aromatic nitrogens is 2. The molecule has 142 valence electrons. The molecule has 0 aliphatic heterocycles. The first-order valence-corrected chi connectivity index (χ1v) is 9.82. The Bertz CT molecular complexity index is 806. The molecule has 0 aliphatic rings. The van der Waals surface area contributed by atoms with Gasteiger partial charge in [-0.2, -0.15) is 0 Å². The average molecular weight is 357 g/mol. The number of hydrogen-bond donors (Lipinski definition) is 1. The average Bonchev–Trinajstić information content (AvgIpc) is 2.65. The van der Waals surface area contributed by atoms with Crippen molar-refractivity contribution in [2.45, 2.75) is 71.6 Å². The van der Waals surface area contributed by atoms with Crippen LogP contribution in [0.3, 0.4) is 0 Å². The Morgan fingerprint density at radius 3 is 2.12 bits per heavy atom. The predicted molar refractivity (Wildman–Crippen MR) is 108 cm³/mol. The highest BCUT2D eigenvalue weighted by Crippen LogP contribution is 2.13. The van der Waals surface area contributed by atoms with Crippen molar-refractivity contribution in [2.24, 2.45) is 0 Å². The van der Waals surface area contributed by atoms with Gasteiger partial charge in [-0.1, -0.05) is 64.2 Å². The van der Waals surface area contributed by atoms with E-state index in [2.05, 4.69) is 13.8 Å². The van der Waals surface area contributed by atoms with Crippen LogP contribution in [0.4, 0.5) is 0 Å². The van der Waals surface area contributed by atoms with Gasteiger partial charge in [-0.05, 0) is 37.8 Å². The van der Waals surface area contributed by atoms with Crippen molar-refractivity contribution in [3.63, 3.8) is 0 Å². The predicted octanol–water partition coefficient (Wildman–Crippen LogP) is 3.57. The van der Waals surface area contributed by atoms with Gasteiger partial charge in [-0.15, -0.1) is 0 Å². The van der Waals surface area contributed by atoms with Crippen molar-refractivity contribution in [1.29, 1.82) is 0 Å². The van der Waals surface area contributed by atoms with Gasteiger partial charge in [0.2, 0.25) is 0 Å². The Morgan fingerprint density at radius 1 is 0.846 bits per heavy atom. The number of rotatable bonds is 10. The van der Waals surface area contributed by atoms with Crippen LogP contribution in [0, 0.1) is 0 Å². The van der Waals surface area contributed by atoms with Crippen molar-refractivity contribution in [2.75, 3.05) is 5.84 Å². The fraction of sp³-hybridized carbons (Fsp3) is 0.524. The van der Waals surface area contributed by atoms with Crippen molar-refractivity contribution >= 4 is 0 Å². The van der Waals surface area contributed by atoms with Gasteiger partial charge in [-0.3, -0.25) is 4.79 Å². The lowest BCUT2D eigenvalue weighted by Crippen LogP contribution is -2.45. The zero-order chi connectivity index (χ0) is 18.9. The molecule has 0 aliphatic carbocycles. The Morgan fingerprint density at radius 2 is 1.46 bits per heavy atom. The molecular formula is C21H31N3O2. The molecule has 0 saturated carbocycles. The second kappa shape index (κ2) is 10.00. The number of nitrogens with zero attached hydrogens (tertiary/aromatic N) is 2. The molecule has 1 heterocycles. The highest BCUT2D eigenvalue weighted by Gasteiger charge is 2.18. The SMILES string of the molecule is CCCCCCc1c(CCCCC)n(N)c(=O)n(-c2ccccc2)c1=O. The van der Waals surface area contributed by atoms with Crippen LogP contribution in [0.2, 0.25) is 0 Å². The summed E-state index contributed by atoms with van der Waals surface area (Å²) in [4.78, 5) is 25.9. The van der Waals surface area contributed by atoms with E-state index in [4.69, 9.17) is 5.84 Å². The maximum absolute atomic E-state index is 13.2. The lowest BCUT2D eigenvalue weighted by Gasteiger charge is -2.16. The van der Waals surface area contributed by atoms with E-state index in [0.29, 0.717) is 29.8 Å². The fourth-order valence-corrected chi connectivity index (χ4v) is 3.31. The first kappa shape index (κ1) is 20.0. The van der Waals surface area contributed by atoms with Gasteiger partial charge in [-0.25, -0.2) is 14.0 Å². The van der Waals surface area contributed by atoms with Crippen molar-refractivity contribution < 1.29 is 0 Å². The minimum atomic E-state index is -0.468. The quantitative estimate of drug-likeness (QED) is 0.522. The summed E-state index contributed by atoms with van der Waals surface area (Å²) in [5, 5.41) is 0. The van der Waals surface area contributed by atoms with E-state index in [1.165, 1.54) is 9.24 Å². The molecule has 0 bridgehead atoms. The molecule has 26 heavy (non-hydrogen) atoms. The number of nitrogen functional groups attached to an aromatic ring is 1. The largest absolute Gasteiger partial charge is 0.354 e. The molecule has 2 N–H and O–H groups in total. The van der Waals surface area contributed by atoms with Crippen LogP contribution in [-0.2, 0) is 12.8 Å². The van der Waals surface area contributed by atoms with Crippen molar-refractivity contribution in [3.8, 4) is 5.69 Å². The molecular weight excluding hydrogens is 326 g/mol. The van der Waals surface area contributed by atoms with E-state index in [0.717, 1.165) is 44.9 Å². The zero-order valence-electron chi connectivity index (χ0n) is 16.0. The number of para-hydroxylation sites is 1. The maximum atomic E-state index is 13.2. The van der Waals surface area contributed by atoms with Gasteiger partial charge in [0, 0.05) is 5.56 Å². The monoisotopic (exact) mass is 357 g/mol. The lowest BCUT2D eigenvalue weighted by atomic mass is 10.0. The third-order valence-electron chi connectivity index (χ3n) is 4.81. The number of hydrogen-bond acceptors (Lipinski definition) is 3. The zero-order valence-corrected chi connectivity index (χ0v) is 16.0. The summed E-state index contributed by atoms with van der Waals surface area (Å²) >= 11 is 0. The molecule has 0 atom stereocenters. The summed E-state index contributed by atoms with van der Waals surface area (Å²) in [5.74, 6) is 6.15. The Balaban J connectivity index is 2.50. The van der Waals surface area contributed by atoms with E-state index in [1.807, 2.05) is 18.2 Å². The van der Waals surface area contributed by atoms with Crippen molar-refractivity contribution in [3.05, 3.63) is 62.4 Å². The molecule has 0 radical (unpaired) electrons. The van der Waals surface area contributed by atoms with E-state index in [9.17, 15) is 9.59 Å². The Kier molecular flexibility index (Phi) is 7.70. The Hall–Kier alpha value is -2.30. The summed E-state index contributed by atoms with van der Waals surface area (Å²) in [6.07, 6.45) is 8.75. The van der Waals surface area contributed by atoms with Gasteiger partial charge in [0.15, 0.2) is 0 Å². The van der Waals surface area contributed by atoms with E-state index >= 15 is 0 Å². The van der Waals surface area contributed by atoms with Crippen LogP contribution in [0.5, 0.6) is 0 Å². The molecule has 1 aromatic carbocycles. The number of nitrogens with two attached hydrogens (primary N) is 1. The molecule has 2 rings (SSSR count). The number of benzene rings is 1. The van der Waals surface area contributed by atoms with E-state index in [1.54, 1.807) is 12.1 Å². The topological polar surface area (TPSA) is 70.0 Å². The normalized spacial score (nSPS) is 11.0. The minimum Gasteiger partial charge on any atom is -0.335 e. The lowest BCUT2D eigenvalue weighted by molar-refractivity contribution is 0.619. The molecule has 0 saturated heterocycles. The third-order valence-corrected chi connectivity index (χ3v) is 4.81. The van der Waals surface area contributed by atoms with E-state index < -0.39 is 5.69 Å². The summed E-state index contributed by atoms with van der Waals surface area (Å²) in [5.41, 5.74) is 1.29. The summed E-state index contributed by atoms with van der Waals surface area (Å²) < 4.78 is 2.40. The summed E-state index contributed by atoms with van der Waals surface area (Å²) in [7, 11) is 0. The summed E-state index contributed by atoms with van der Waals surface area (Å²) in [6, 6.07) is 9.03. The van der Waals surface area contributed by atoms with Crippen LogP contribution >= 0.6 is 0 Å². The molecule has 5 heteroatoms. The third kappa shape index (κ3) is 4.65. The van der Waals surface area contributed by atoms with Crippen molar-refractivity contribution in [1.82, 2.24) is 9.24 Å². The van der Waals surface area contributed by atoms with Gasteiger partial charge >= 0.3 is 5.69 Å². The van der Waals surface area contributed by atoms with Crippen LogP contribution in [0.25, 0.3) is 5.69 Å². The fourth-order valence-electron chi connectivity index (χ4n) is 3.31. The van der Waals surface area contributed by atoms with Gasteiger partial charge in [0.1, 0.15) is 0 Å². The number of unbranched alkanes of at least 4 members (excludes halogenated alkanes) is 5.